The van der Waals surface area contributed by atoms with Gasteiger partial charge < -0.3 is 0 Å². The quantitative estimate of drug-likeness (QED) is 0.738. The summed E-state index contributed by atoms with van der Waals surface area (Å²) in [5.74, 6) is 0.679. The zero-order valence-electron chi connectivity index (χ0n) is 12.5. The molecule has 2 aromatic carbocycles. The number of aryl methyl sites for hydroxylation is 3. The predicted molar refractivity (Wildman–Crippen MR) is 83.0 cm³/mol. The Balaban J connectivity index is 1.89. The van der Waals surface area contributed by atoms with Crippen LogP contribution in [-0.2, 0) is 6.54 Å². The lowest BCUT2D eigenvalue weighted by molar-refractivity contribution is 0.571. The van der Waals surface area contributed by atoms with Gasteiger partial charge in [-0.05, 0) is 42.7 Å². The second kappa shape index (κ2) is 5.48. The van der Waals surface area contributed by atoms with Crippen LogP contribution in [0, 0.1) is 20.8 Å². The van der Waals surface area contributed by atoms with Gasteiger partial charge in [-0.3, -0.25) is 0 Å². The van der Waals surface area contributed by atoms with Crippen LogP contribution in [0.2, 0.25) is 0 Å². The number of tetrazole rings is 1. The maximum absolute atomic E-state index is 4.50. The van der Waals surface area contributed by atoms with E-state index in [0.717, 1.165) is 11.1 Å². The number of hydrogen-bond donors (Lipinski definition) is 0. The average Bonchev–Trinajstić information content (AvgIpc) is 2.92. The largest absolute Gasteiger partial charge is 0.205 e. The molecule has 0 aliphatic carbocycles. The molecule has 0 saturated carbocycles. The Labute approximate surface area is 124 Å². The third-order valence-electron chi connectivity index (χ3n) is 3.66. The number of hydrogen-bond acceptors (Lipinski definition) is 3. The average molecular weight is 278 g/mol. The summed E-state index contributed by atoms with van der Waals surface area (Å²) in [5, 5.41) is 12.9. The highest BCUT2D eigenvalue weighted by molar-refractivity contribution is 5.58. The minimum absolute atomic E-state index is 0.645. The van der Waals surface area contributed by atoms with Gasteiger partial charge in [-0.25, -0.2) is 0 Å². The van der Waals surface area contributed by atoms with Crippen LogP contribution in [0.25, 0.3) is 11.4 Å². The fourth-order valence-electron chi connectivity index (χ4n) is 2.36. The lowest BCUT2D eigenvalue weighted by Crippen LogP contribution is -2.05. The van der Waals surface area contributed by atoms with E-state index in [-0.39, 0.29) is 0 Å². The summed E-state index contributed by atoms with van der Waals surface area (Å²) in [7, 11) is 0. The van der Waals surface area contributed by atoms with Crippen molar-refractivity contribution in [1.29, 1.82) is 0 Å². The van der Waals surface area contributed by atoms with Crippen molar-refractivity contribution >= 4 is 0 Å². The first-order valence-corrected chi connectivity index (χ1v) is 7.03. The highest BCUT2D eigenvalue weighted by Gasteiger charge is 2.09. The summed E-state index contributed by atoms with van der Waals surface area (Å²) in [6.45, 7) is 6.90. The smallest absolute Gasteiger partial charge is 0.159 e. The molecule has 4 heteroatoms. The molecular formula is C17H18N4. The van der Waals surface area contributed by atoms with Crippen LogP contribution in [0.5, 0.6) is 0 Å². The van der Waals surface area contributed by atoms with E-state index in [9.17, 15) is 0 Å². The number of aromatic nitrogens is 4. The van der Waals surface area contributed by atoms with Crippen LogP contribution in [0.3, 0.4) is 0 Å². The van der Waals surface area contributed by atoms with E-state index in [0.29, 0.717) is 12.4 Å². The van der Waals surface area contributed by atoms with Crippen LogP contribution in [0.4, 0.5) is 0 Å². The molecule has 0 radical (unpaired) electrons. The van der Waals surface area contributed by atoms with E-state index in [1.54, 1.807) is 4.80 Å². The van der Waals surface area contributed by atoms with Gasteiger partial charge in [0.15, 0.2) is 0 Å². The molecule has 0 amide bonds. The molecule has 0 atom stereocenters. The highest BCUT2D eigenvalue weighted by atomic mass is 15.6. The molecule has 21 heavy (non-hydrogen) atoms. The third-order valence-corrected chi connectivity index (χ3v) is 3.66. The van der Waals surface area contributed by atoms with Gasteiger partial charge >= 0.3 is 0 Å². The van der Waals surface area contributed by atoms with E-state index in [2.05, 4.69) is 60.4 Å². The third kappa shape index (κ3) is 2.84. The van der Waals surface area contributed by atoms with Crippen molar-refractivity contribution in [2.45, 2.75) is 27.3 Å². The minimum Gasteiger partial charge on any atom is -0.159 e. The minimum atomic E-state index is 0.645. The molecule has 0 unspecified atom stereocenters. The topological polar surface area (TPSA) is 43.6 Å². The summed E-state index contributed by atoms with van der Waals surface area (Å²) in [5.41, 5.74) is 5.91. The molecule has 0 spiro atoms. The van der Waals surface area contributed by atoms with Gasteiger partial charge in [0.05, 0.1) is 6.54 Å². The first kappa shape index (κ1) is 13.5. The Morgan fingerprint density at radius 3 is 2.57 bits per heavy atom. The van der Waals surface area contributed by atoms with Crippen molar-refractivity contribution in [2.75, 3.05) is 0 Å². The van der Waals surface area contributed by atoms with Crippen LogP contribution in [0.15, 0.2) is 42.5 Å². The van der Waals surface area contributed by atoms with Crippen molar-refractivity contribution in [2.24, 2.45) is 0 Å². The molecular weight excluding hydrogens is 260 g/mol. The summed E-state index contributed by atoms with van der Waals surface area (Å²) in [4.78, 5) is 1.66. The molecule has 0 N–H and O–H groups in total. The highest BCUT2D eigenvalue weighted by Crippen LogP contribution is 2.18. The van der Waals surface area contributed by atoms with Crippen LogP contribution < -0.4 is 0 Å². The molecule has 4 nitrogen and oxygen atoms in total. The number of rotatable bonds is 3. The van der Waals surface area contributed by atoms with Gasteiger partial charge in [0, 0.05) is 5.56 Å². The zero-order valence-corrected chi connectivity index (χ0v) is 12.5. The molecule has 0 aliphatic rings. The van der Waals surface area contributed by atoms with Gasteiger partial charge in [0.25, 0.3) is 0 Å². The van der Waals surface area contributed by atoms with Crippen molar-refractivity contribution in [3.63, 3.8) is 0 Å². The predicted octanol–water partition coefficient (Wildman–Crippen LogP) is 3.31. The first-order valence-electron chi connectivity index (χ1n) is 7.03. The lowest BCUT2D eigenvalue weighted by atomic mass is 10.1. The lowest BCUT2D eigenvalue weighted by Gasteiger charge is -2.05. The van der Waals surface area contributed by atoms with Gasteiger partial charge in [-0.15, -0.1) is 10.2 Å². The van der Waals surface area contributed by atoms with E-state index >= 15 is 0 Å². The standard InChI is InChI=1S/C17H18N4/c1-12-8-9-13(2)15(10-12)11-21-19-17(18-20-21)16-7-5-4-6-14(16)3/h4-10H,11H2,1-3H3. The van der Waals surface area contributed by atoms with Crippen molar-refractivity contribution in [3.8, 4) is 11.4 Å². The van der Waals surface area contributed by atoms with E-state index in [1.165, 1.54) is 16.7 Å². The van der Waals surface area contributed by atoms with Gasteiger partial charge in [0.2, 0.25) is 5.82 Å². The van der Waals surface area contributed by atoms with E-state index < -0.39 is 0 Å². The van der Waals surface area contributed by atoms with Crippen molar-refractivity contribution in [3.05, 3.63) is 64.7 Å². The molecule has 3 aromatic rings. The maximum Gasteiger partial charge on any atom is 0.205 e. The zero-order chi connectivity index (χ0) is 14.8. The summed E-state index contributed by atoms with van der Waals surface area (Å²) in [6.07, 6.45) is 0. The second-order valence-electron chi connectivity index (χ2n) is 5.39. The van der Waals surface area contributed by atoms with E-state index in [4.69, 9.17) is 0 Å². The molecule has 0 aliphatic heterocycles. The van der Waals surface area contributed by atoms with Gasteiger partial charge in [0.1, 0.15) is 0 Å². The molecule has 3 rings (SSSR count). The molecule has 0 bridgehead atoms. The van der Waals surface area contributed by atoms with E-state index in [1.807, 2.05) is 18.2 Å². The van der Waals surface area contributed by atoms with Crippen molar-refractivity contribution in [1.82, 2.24) is 20.2 Å². The van der Waals surface area contributed by atoms with Crippen LogP contribution in [-0.4, -0.2) is 20.2 Å². The monoisotopic (exact) mass is 278 g/mol. The molecule has 0 fully saturated rings. The van der Waals surface area contributed by atoms with Crippen molar-refractivity contribution < 1.29 is 0 Å². The molecule has 1 aromatic heterocycles. The SMILES string of the molecule is Cc1ccc(C)c(Cn2nnc(-c3ccccc3C)n2)c1. The Hall–Kier alpha value is -2.49. The fraction of sp³-hybridized carbons (Fsp3) is 0.235. The second-order valence-corrected chi connectivity index (χ2v) is 5.39. The van der Waals surface area contributed by atoms with Gasteiger partial charge in [-0.1, -0.05) is 48.0 Å². The van der Waals surface area contributed by atoms with Gasteiger partial charge in [-0.2, -0.15) is 4.80 Å². The molecule has 106 valence electrons. The Morgan fingerprint density at radius 2 is 1.76 bits per heavy atom. The normalized spacial score (nSPS) is 10.8. The molecule has 0 saturated heterocycles. The number of nitrogens with zero attached hydrogens (tertiary/aromatic N) is 4. The Kier molecular flexibility index (Phi) is 3.52. The Morgan fingerprint density at radius 1 is 0.952 bits per heavy atom. The summed E-state index contributed by atoms with van der Waals surface area (Å²) in [6, 6.07) is 14.5. The van der Waals surface area contributed by atoms with Crippen LogP contribution in [0.1, 0.15) is 22.3 Å². The number of benzene rings is 2. The van der Waals surface area contributed by atoms with Crippen LogP contribution >= 0.6 is 0 Å². The first-order chi connectivity index (χ1) is 10.1. The molecule has 1 heterocycles. The fourth-order valence-corrected chi connectivity index (χ4v) is 2.36. The maximum atomic E-state index is 4.50. The summed E-state index contributed by atoms with van der Waals surface area (Å²) < 4.78 is 0. The Bertz CT molecular complexity index is 774. The summed E-state index contributed by atoms with van der Waals surface area (Å²) >= 11 is 0.